The largest absolute Gasteiger partial charge is 0.496 e. The molecular formula is C17H29NO2. The van der Waals surface area contributed by atoms with Crippen molar-refractivity contribution in [1.82, 2.24) is 5.32 Å². The summed E-state index contributed by atoms with van der Waals surface area (Å²) in [6.07, 6.45) is 4.98. The molecule has 0 saturated carbocycles. The molecule has 0 aliphatic heterocycles. The number of likely N-dealkylation sites (N-methyl/N-ethyl adjacent to an activating group) is 1. The quantitative estimate of drug-likeness (QED) is 0.622. The molecule has 3 heteroatoms. The van der Waals surface area contributed by atoms with Crippen molar-refractivity contribution in [3.63, 3.8) is 0 Å². The van der Waals surface area contributed by atoms with E-state index >= 15 is 0 Å². The maximum Gasteiger partial charge on any atom is 0.123 e. The molecule has 1 aromatic carbocycles. The van der Waals surface area contributed by atoms with Crippen molar-refractivity contribution in [2.75, 3.05) is 26.9 Å². The van der Waals surface area contributed by atoms with Crippen LogP contribution in [0.2, 0.25) is 0 Å². The van der Waals surface area contributed by atoms with Gasteiger partial charge in [-0.1, -0.05) is 51.3 Å². The Morgan fingerprint density at radius 1 is 1.10 bits per heavy atom. The summed E-state index contributed by atoms with van der Waals surface area (Å²) in [7, 11) is 1.72. The Kier molecular flexibility index (Phi) is 9.09. The van der Waals surface area contributed by atoms with E-state index < -0.39 is 0 Å². The zero-order valence-electron chi connectivity index (χ0n) is 13.2. The number of ether oxygens (including phenoxy) is 2. The Morgan fingerprint density at radius 2 is 1.90 bits per heavy atom. The second kappa shape index (κ2) is 10.7. The van der Waals surface area contributed by atoms with Gasteiger partial charge in [0, 0.05) is 12.2 Å². The molecule has 0 aromatic heterocycles. The Hall–Kier alpha value is -1.06. The summed E-state index contributed by atoms with van der Waals surface area (Å²) in [5, 5.41) is 3.47. The molecule has 1 rings (SSSR count). The monoisotopic (exact) mass is 279 g/mol. The van der Waals surface area contributed by atoms with Gasteiger partial charge in [-0.15, -0.1) is 0 Å². The average molecular weight is 279 g/mol. The van der Waals surface area contributed by atoms with Crippen molar-refractivity contribution < 1.29 is 9.47 Å². The summed E-state index contributed by atoms with van der Waals surface area (Å²) in [5.74, 6) is 0.924. The average Bonchev–Trinajstić information content (AvgIpc) is 2.49. The fourth-order valence-corrected chi connectivity index (χ4v) is 2.29. The number of hydrogen-bond acceptors (Lipinski definition) is 3. The van der Waals surface area contributed by atoms with Gasteiger partial charge in [-0.3, -0.25) is 0 Å². The molecule has 1 aromatic rings. The molecule has 0 amide bonds. The number of rotatable bonds is 11. The van der Waals surface area contributed by atoms with Crippen LogP contribution in [0.1, 0.15) is 51.1 Å². The van der Waals surface area contributed by atoms with E-state index in [0.717, 1.165) is 25.3 Å². The Labute approximate surface area is 123 Å². The third kappa shape index (κ3) is 5.93. The van der Waals surface area contributed by atoms with Crippen LogP contribution in [0.25, 0.3) is 0 Å². The lowest BCUT2D eigenvalue weighted by atomic mass is 10.1. The third-order valence-corrected chi connectivity index (χ3v) is 3.39. The SMILES string of the molecule is CCCCCCOCC(NCC)c1ccccc1OC. The van der Waals surface area contributed by atoms with Gasteiger partial charge in [-0.05, 0) is 19.0 Å². The van der Waals surface area contributed by atoms with Gasteiger partial charge in [0.1, 0.15) is 5.75 Å². The molecule has 0 spiro atoms. The second-order valence-electron chi connectivity index (χ2n) is 4.99. The first-order valence-electron chi connectivity index (χ1n) is 7.77. The van der Waals surface area contributed by atoms with E-state index in [0.29, 0.717) is 6.61 Å². The zero-order valence-corrected chi connectivity index (χ0v) is 13.2. The fourth-order valence-electron chi connectivity index (χ4n) is 2.29. The zero-order chi connectivity index (χ0) is 14.6. The fraction of sp³-hybridized carbons (Fsp3) is 0.647. The predicted octanol–water partition coefficient (Wildman–Crippen LogP) is 3.94. The van der Waals surface area contributed by atoms with Gasteiger partial charge in [-0.2, -0.15) is 0 Å². The van der Waals surface area contributed by atoms with Gasteiger partial charge in [0.15, 0.2) is 0 Å². The second-order valence-corrected chi connectivity index (χ2v) is 4.99. The Balaban J connectivity index is 2.47. The van der Waals surface area contributed by atoms with Gasteiger partial charge in [0.25, 0.3) is 0 Å². The van der Waals surface area contributed by atoms with Gasteiger partial charge < -0.3 is 14.8 Å². The van der Waals surface area contributed by atoms with Gasteiger partial charge in [0.2, 0.25) is 0 Å². The van der Waals surface area contributed by atoms with E-state index in [9.17, 15) is 0 Å². The maximum atomic E-state index is 5.83. The Bertz CT molecular complexity index is 355. The molecule has 0 aliphatic carbocycles. The smallest absolute Gasteiger partial charge is 0.123 e. The normalized spacial score (nSPS) is 12.3. The first-order chi connectivity index (χ1) is 9.83. The molecule has 0 radical (unpaired) electrons. The highest BCUT2D eigenvalue weighted by molar-refractivity contribution is 5.35. The van der Waals surface area contributed by atoms with Gasteiger partial charge in [-0.25, -0.2) is 0 Å². The first-order valence-corrected chi connectivity index (χ1v) is 7.77. The number of para-hydroxylation sites is 1. The summed E-state index contributed by atoms with van der Waals surface area (Å²) < 4.78 is 11.3. The van der Waals surface area contributed by atoms with Crippen LogP contribution in [0.5, 0.6) is 5.75 Å². The number of benzene rings is 1. The molecule has 1 N–H and O–H groups in total. The minimum atomic E-state index is 0.197. The molecule has 1 atom stereocenters. The predicted molar refractivity (Wildman–Crippen MR) is 84.4 cm³/mol. The molecule has 0 fully saturated rings. The van der Waals surface area contributed by atoms with E-state index in [4.69, 9.17) is 9.47 Å². The number of unbranched alkanes of at least 4 members (excludes halogenated alkanes) is 3. The third-order valence-electron chi connectivity index (χ3n) is 3.39. The first kappa shape index (κ1) is 17.0. The Morgan fingerprint density at radius 3 is 2.60 bits per heavy atom. The maximum absolute atomic E-state index is 5.83. The van der Waals surface area contributed by atoms with Gasteiger partial charge in [0.05, 0.1) is 19.8 Å². The number of nitrogens with one attached hydrogen (secondary N) is 1. The van der Waals surface area contributed by atoms with Crippen LogP contribution in [0.15, 0.2) is 24.3 Å². The summed E-state index contributed by atoms with van der Waals surface area (Å²) in [6, 6.07) is 8.34. The van der Waals surface area contributed by atoms with Crippen molar-refractivity contribution in [3.05, 3.63) is 29.8 Å². The van der Waals surface area contributed by atoms with Crippen LogP contribution < -0.4 is 10.1 Å². The molecule has 0 saturated heterocycles. The van der Waals surface area contributed by atoms with E-state index in [1.807, 2.05) is 18.2 Å². The molecule has 0 bridgehead atoms. The standard InChI is InChI=1S/C17H29NO2/c1-4-6-7-10-13-20-14-16(18-5-2)15-11-8-9-12-17(15)19-3/h8-9,11-12,16,18H,4-7,10,13-14H2,1-3H3. The molecule has 114 valence electrons. The van der Waals surface area contributed by atoms with E-state index in [1.54, 1.807) is 7.11 Å². The van der Waals surface area contributed by atoms with Crippen LogP contribution >= 0.6 is 0 Å². The van der Waals surface area contributed by atoms with Crippen molar-refractivity contribution in [2.24, 2.45) is 0 Å². The van der Waals surface area contributed by atoms with Crippen molar-refractivity contribution in [2.45, 2.75) is 45.6 Å². The van der Waals surface area contributed by atoms with Crippen LogP contribution in [-0.2, 0) is 4.74 Å². The molecule has 0 heterocycles. The van der Waals surface area contributed by atoms with E-state index in [-0.39, 0.29) is 6.04 Å². The van der Waals surface area contributed by atoms with E-state index in [1.165, 1.54) is 24.8 Å². The molecule has 20 heavy (non-hydrogen) atoms. The van der Waals surface area contributed by atoms with Crippen LogP contribution in [0, 0.1) is 0 Å². The minimum Gasteiger partial charge on any atom is -0.496 e. The molecule has 1 unspecified atom stereocenters. The summed E-state index contributed by atoms with van der Waals surface area (Å²) in [4.78, 5) is 0. The van der Waals surface area contributed by atoms with Crippen LogP contribution in [-0.4, -0.2) is 26.9 Å². The highest BCUT2D eigenvalue weighted by Gasteiger charge is 2.14. The van der Waals surface area contributed by atoms with E-state index in [2.05, 4.69) is 25.2 Å². The lowest BCUT2D eigenvalue weighted by Gasteiger charge is -2.20. The van der Waals surface area contributed by atoms with Crippen LogP contribution in [0.4, 0.5) is 0 Å². The number of hydrogen-bond donors (Lipinski definition) is 1. The summed E-state index contributed by atoms with van der Waals surface area (Å²) in [6.45, 7) is 6.80. The number of methoxy groups -OCH3 is 1. The highest BCUT2D eigenvalue weighted by atomic mass is 16.5. The molecule has 0 aliphatic rings. The van der Waals surface area contributed by atoms with Crippen LogP contribution in [0.3, 0.4) is 0 Å². The lowest BCUT2D eigenvalue weighted by Crippen LogP contribution is -2.26. The summed E-state index contributed by atoms with van der Waals surface area (Å²) in [5.41, 5.74) is 1.17. The topological polar surface area (TPSA) is 30.5 Å². The van der Waals surface area contributed by atoms with Crippen molar-refractivity contribution in [1.29, 1.82) is 0 Å². The van der Waals surface area contributed by atoms with Crippen molar-refractivity contribution in [3.8, 4) is 5.75 Å². The lowest BCUT2D eigenvalue weighted by molar-refractivity contribution is 0.107. The molecular weight excluding hydrogens is 250 g/mol. The van der Waals surface area contributed by atoms with Gasteiger partial charge >= 0.3 is 0 Å². The van der Waals surface area contributed by atoms with Crippen molar-refractivity contribution >= 4 is 0 Å². The molecule has 3 nitrogen and oxygen atoms in total. The highest BCUT2D eigenvalue weighted by Crippen LogP contribution is 2.25. The minimum absolute atomic E-state index is 0.197. The summed E-state index contributed by atoms with van der Waals surface area (Å²) >= 11 is 0.